The maximum Gasteiger partial charge on any atom is 0.268 e. The fourth-order valence-electron chi connectivity index (χ4n) is 8.19. The van der Waals surface area contributed by atoms with Crippen LogP contribution in [0.5, 0.6) is 0 Å². The summed E-state index contributed by atoms with van der Waals surface area (Å²) in [5.74, 6) is -0.207. The number of amides is 1. The number of aliphatic hydroxyl groups excluding tert-OH is 1. The van der Waals surface area contributed by atoms with Crippen molar-refractivity contribution in [3.63, 3.8) is 0 Å². The van der Waals surface area contributed by atoms with Gasteiger partial charge in [0.1, 0.15) is 13.2 Å². The van der Waals surface area contributed by atoms with Gasteiger partial charge in [0.05, 0.1) is 39.9 Å². The summed E-state index contributed by atoms with van der Waals surface area (Å²) in [5, 5.41) is 13.8. The predicted molar refractivity (Wildman–Crippen MR) is 279 cm³/mol. The van der Waals surface area contributed by atoms with Crippen LogP contribution in [0, 0.1) is 0 Å². The number of rotatable bonds is 51. The smallest absolute Gasteiger partial charge is 0.268 e. The summed E-state index contributed by atoms with van der Waals surface area (Å²) in [4.78, 5) is 25.5. The van der Waals surface area contributed by atoms with Crippen LogP contribution in [0.3, 0.4) is 0 Å². The van der Waals surface area contributed by atoms with E-state index in [1.165, 1.54) is 199 Å². The van der Waals surface area contributed by atoms with Gasteiger partial charge in [0.15, 0.2) is 0 Å². The molecule has 0 bridgehead atoms. The van der Waals surface area contributed by atoms with Gasteiger partial charge in [-0.25, -0.2) is 0 Å². The number of phosphoric ester groups is 1. The number of hydrogen-bond donors (Lipinski definition) is 2. The van der Waals surface area contributed by atoms with Crippen molar-refractivity contribution in [2.45, 2.75) is 276 Å². The Hall–Kier alpha value is -1.28. The zero-order valence-electron chi connectivity index (χ0n) is 43.7. The Balaban J connectivity index is 4.30. The number of unbranched alkanes of at least 4 members (excludes halogenated alkanes) is 34. The van der Waals surface area contributed by atoms with Crippen molar-refractivity contribution in [2.75, 3.05) is 40.9 Å². The lowest BCUT2D eigenvalue weighted by molar-refractivity contribution is -0.870. The van der Waals surface area contributed by atoms with Gasteiger partial charge in [0.2, 0.25) is 5.91 Å². The number of nitrogens with one attached hydrogen (secondary N) is 1. The van der Waals surface area contributed by atoms with Crippen LogP contribution in [0.1, 0.15) is 264 Å². The van der Waals surface area contributed by atoms with Crippen LogP contribution < -0.4 is 10.2 Å². The molecule has 0 aliphatic rings. The number of phosphoric acid groups is 1. The Morgan fingerprint density at radius 3 is 1.25 bits per heavy atom. The van der Waals surface area contributed by atoms with Crippen molar-refractivity contribution in [1.82, 2.24) is 5.32 Å². The fraction of sp³-hybridized carbons (Fsp3) is 0.875. The Bertz CT molecular complexity index is 1150. The van der Waals surface area contributed by atoms with E-state index in [9.17, 15) is 19.4 Å². The zero-order valence-corrected chi connectivity index (χ0v) is 44.6. The molecule has 3 unspecified atom stereocenters. The molecule has 0 radical (unpaired) electrons. The van der Waals surface area contributed by atoms with Crippen LogP contribution in [-0.2, 0) is 18.4 Å². The molecular formula is C56H109N2O6P. The molecule has 0 rings (SSSR count). The molecule has 0 aliphatic heterocycles. The summed E-state index contributed by atoms with van der Waals surface area (Å²) in [6.07, 6.45) is 60.7. The minimum Gasteiger partial charge on any atom is -0.756 e. The molecule has 0 heterocycles. The third-order valence-corrected chi connectivity index (χ3v) is 13.5. The molecule has 0 saturated heterocycles. The highest BCUT2D eigenvalue weighted by Crippen LogP contribution is 2.38. The first-order chi connectivity index (χ1) is 31.5. The number of likely N-dealkylation sites (N-methyl/N-ethyl adjacent to an activating group) is 1. The van der Waals surface area contributed by atoms with Crippen LogP contribution in [0.4, 0.5) is 0 Å². The second-order valence-corrected chi connectivity index (χ2v) is 21.7. The summed E-state index contributed by atoms with van der Waals surface area (Å²) in [5.41, 5.74) is 0. The number of aliphatic hydroxyl groups is 1. The standard InChI is InChI=1S/C56H109N2O6P/c1-6-8-10-12-14-16-18-20-22-24-26-28-30-31-33-35-37-39-41-43-45-47-49-55(59)54(53-64-65(61,62)63-52-51-58(3,4)5)57-56(60)50-48-46-44-42-40-38-36-34-32-29-27-25-23-21-19-17-15-13-11-9-7-2/h31,33,39,41,47,49,54-55,59H,6-30,32,34-38,40,42-46,48,50-53H2,1-5H3,(H-,57,60,61,62)/b33-31+,41-39+,49-47+. The van der Waals surface area contributed by atoms with Crippen molar-refractivity contribution in [2.24, 2.45) is 0 Å². The molecule has 8 nitrogen and oxygen atoms in total. The fourth-order valence-corrected chi connectivity index (χ4v) is 8.91. The molecule has 65 heavy (non-hydrogen) atoms. The summed E-state index contributed by atoms with van der Waals surface area (Å²) in [6.45, 7) is 4.65. The van der Waals surface area contributed by atoms with E-state index < -0.39 is 26.6 Å². The first kappa shape index (κ1) is 63.7. The van der Waals surface area contributed by atoms with E-state index in [2.05, 4.69) is 43.5 Å². The molecule has 0 aromatic rings. The molecule has 1 amide bonds. The molecule has 3 atom stereocenters. The van der Waals surface area contributed by atoms with Crippen molar-refractivity contribution < 1.29 is 32.9 Å². The van der Waals surface area contributed by atoms with Gasteiger partial charge in [-0.3, -0.25) is 9.36 Å². The highest BCUT2D eigenvalue weighted by Gasteiger charge is 2.23. The molecular weight excluding hydrogens is 828 g/mol. The van der Waals surface area contributed by atoms with E-state index >= 15 is 0 Å². The third kappa shape index (κ3) is 50.4. The molecule has 0 aromatic carbocycles. The zero-order chi connectivity index (χ0) is 47.8. The molecule has 0 spiro atoms. The quantitative estimate of drug-likeness (QED) is 0.0272. The number of carbonyl (C=O) groups is 1. The van der Waals surface area contributed by atoms with Crippen LogP contribution >= 0.6 is 7.82 Å². The second kappa shape index (κ2) is 47.8. The van der Waals surface area contributed by atoms with Crippen LogP contribution in [-0.4, -0.2) is 68.5 Å². The molecule has 0 aromatic heterocycles. The number of allylic oxidation sites excluding steroid dienone is 5. The maximum atomic E-state index is 12.9. The van der Waals surface area contributed by atoms with E-state index in [4.69, 9.17) is 9.05 Å². The van der Waals surface area contributed by atoms with Crippen molar-refractivity contribution in [1.29, 1.82) is 0 Å². The van der Waals surface area contributed by atoms with Gasteiger partial charge in [-0.1, -0.05) is 249 Å². The molecule has 9 heteroatoms. The minimum atomic E-state index is -4.61. The van der Waals surface area contributed by atoms with Crippen molar-refractivity contribution in [3.8, 4) is 0 Å². The summed E-state index contributed by atoms with van der Waals surface area (Å²) in [6, 6.07) is -0.907. The Kier molecular flexibility index (Phi) is 46.8. The predicted octanol–water partition coefficient (Wildman–Crippen LogP) is 16.0. The molecule has 0 aliphatic carbocycles. The molecule has 0 saturated carbocycles. The molecule has 2 N–H and O–H groups in total. The number of carbonyl (C=O) groups excluding carboxylic acids is 1. The molecule has 384 valence electrons. The van der Waals surface area contributed by atoms with Gasteiger partial charge >= 0.3 is 0 Å². The van der Waals surface area contributed by atoms with Crippen LogP contribution in [0.2, 0.25) is 0 Å². The molecule has 0 fully saturated rings. The first-order valence-corrected chi connectivity index (χ1v) is 29.3. The van der Waals surface area contributed by atoms with Crippen LogP contribution in [0.25, 0.3) is 0 Å². The average molecular weight is 937 g/mol. The lowest BCUT2D eigenvalue weighted by Crippen LogP contribution is -2.45. The van der Waals surface area contributed by atoms with Gasteiger partial charge in [0, 0.05) is 6.42 Å². The summed E-state index contributed by atoms with van der Waals surface area (Å²) < 4.78 is 23.3. The van der Waals surface area contributed by atoms with Gasteiger partial charge in [-0.05, 0) is 44.9 Å². The van der Waals surface area contributed by atoms with E-state index in [1.54, 1.807) is 6.08 Å². The minimum absolute atomic E-state index is 0.00742. The highest BCUT2D eigenvalue weighted by molar-refractivity contribution is 7.45. The SMILES string of the molecule is CCCCCCCCCCCCCC/C=C/CC/C=C/CC/C=C/C(O)C(COP(=O)([O-])OCC[N+](C)(C)C)NC(=O)CCCCCCCCCCCCCCCCCCCCCCC. The van der Waals surface area contributed by atoms with Gasteiger partial charge in [-0.2, -0.15) is 0 Å². The Labute approximate surface area is 404 Å². The van der Waals surface area contributed by atoms with Gasteiger partial charge in [0.25, 0.3) is 7.82 Å². The van der Waals surface area contributed by atoms with E-state index in [1.807, 2.05) is 27.2 Å². The number of hydrogen-bond acceptors (Lipinski definition) is 6. The summed E-state index contributed by atoms with van der Waals surface area (Å²) in [7, 11) is 1.24. The Morgan fingerprint density at radius 1 is 0.523 bits per heavy atom. The highest BCUT2D eigenvalue weighted by atomic mass is 31.2. The van der Waals surface area contributed by atoms with E-state index in [0.717, 1.165) is 44.9 Å². The lowest BCUT2D eigenvalue weighted by atomic mass is 10.0. The normalized spacial score (nSPS) is 14.3. The number of nitrogens with zero attached hydrogens (tertiary/aromatic N) is 1. The lowest BCUT2D eigenvalue weighted by Gasteiger charge is -2.29. The maximum absolute atomic E-state index is 12.9. The topological polar surface area (TPSA) is 108 Å². The Morgan fingerprint density at radius 2 is 0.862 bits per heavy atom. The van der Waals surface area contributed by atoms with Crippen molar-refractivity contribution in [3.05, 3.63) is 36.5 Å². The second-order valence-electron chi connectivity index (χ2n) is 20.3. The largest absolute Gasteiger partial charge is 0.756 e. The van der Waals surface area contributed by atoms with Crippen molar-refractivity contribution >= 4 is 13.7 Å². The first-order valence-electron chi connectivity index (χ1n) is 27.9. The van der Waals surface area contributed by atoms with Crippen LogP contribution in [0.15, 0.2) is 36.5 Å². The number of quaternary nitrogens is 1. The summed E-state index contributed by atoms with van der Waals surface area (Å²) >= 11 is 0. The van der Waals surface area contributed by atoms with Gasteiger partial charge < -0.3 is 28.8 Å². The van der Waals surface area contributed by atoms with E-state index in [0.29, 0.717) is 17.4 Å². The monoisotopic (exact) mass is 937 g/mol. The van der Waals surface area contributed by atoms with E-state index in [-0.39, 0.29) is 12.5 Å². The van der Waals surface area contributed by atoms with Gasteiger partial charge in [-0.15, -0.1) is 0 Å². The average Bonchev–Trinajstić information content (AvgIpc) is 3.26. The third-order valence-electron chi connectivity index (χ3n) is 12.6.